The molecule has 4 fully saturated rings. The smallest absolute Gasteiger partial charge is 0.410 e. The number of amides is 1. The van der Waals surface area contributed by atoms with Crippen molar-refractivity contribution in [2.75, 3.05) is 52.6 Å². The first-order chi connectivity index (χ1) is 19.6. The summed E-state index contributed by atoms with van der Waals surface area (Å²) >= 11 is 0. The van der Waals surface area contributed by atoms with Crippen molar-refractivity contribution >= 4 is 6.09 Å². The van der Waals surface area contributed by atoms with E-state index in [9.17, 15) is 13.6 Å². The summed E-state index contributed by atoms with van der Waals surface area (Å²) in [6.45, 7) is 13.2. The molecule has 4 aliphatic rings. The average Bonchev–Trinajstić information content (AvgIpc) is 2.90. The number of hydrogen-bond acceptors (Lipinski definition) is 7. The van der Waals surface area contributed by atoms with Gasteiger partial charge in [-0.1, -0.05) is 24.3 Å². The number of morpholine rings is 2. The van der Waals surface area contributed by atoms with Gasteiger partial charge in [-0.2, -0.15) is 0 Å². The Bertz CT molecular complexity index is 1110. The first-order valence-corrected chi connectivity index (χ1v) is 14.5. The van der Waals surface area contributed by atoms with E-state index in [-0.39, 0.29) is 29.8 Å². The third-order valence-electron chi connectivity index (χ3n) is 7.95. The molecule has 0 aliphatic carbocycles. The van der Waals surface area contributed by atoms with Crippen LogP contribution in [-0.4, -0.2) is 103 Å². The minimum Gasteiger partial charge on any atom is -0.444 e. The van der Waals surface area contributed by atoms with Gasteiger partial charge < -0.3 is 24.4 Å². The number of ether oxygens (including phenoxy) is 3. The number of carbonyl (C=O) groups excluding carboxylic acids is 1. The third kappa shape index (κ3) is 8.02. The maximum Gasteiger partial charge on any atom is 0.410 e. The monoisotopic (exact) mass is 572 g/mol. The van der Waals surface area contributed by atoms with Crippen LogP contribution in [0.25, 0.3) is 0 Å². The van der Waals surface area contributed by atoms with Gasteiger partial charge in [0.2, 0.25) is 0 Å². The summed E-state index contributed by atoms with van der Waals surface area (Å²) in [7, 11) is 0. The molecule has 0 saturated carbocycles. The fraction of sp³-hybridized carbons (Fsp3) is 0.581. The van der Waals surface area contributed by atoms with Crippen molar-refractivity contribution in [3.63, 3.8) is 0 Å². The lowest BCUT2D eigenvalue weighted by atomic mass is 10.0. The Morgan fingerprint density at radius 3 is 1.63 bits per heavy atom. The van der Waals surface area contributed by atoms with Crippen LogP contribution in [0.4, 0.5) is 13.6 Å². The minimum atomic E-state index is -0.492. The third-order valence-corrected chi connectivity index (χ3v) is 7.95. The van der Waals surface area contributed by atoms with Gasteiger partial charge in [0.1, 0.15) is 17.2 Å². The van der Waals surface area contributed by atoms with E-state index >= 15 is 0 Å². The quantitative estimate of drug-likeness (QED) is 0.600. The summed E-state index contributed by atoms with van der Waals surface area (Å²) in [6.07, 6.45) is -0.263. The van der Waals surface area contributed by atoms with Crippen molar-refractivity contribution in [2.24, 2.45) is 0 Å². The Balaban J connectivity index is 0.000000174. The number of nitrogens with one attached hydrogen (secondary N) is 1. The molecule has 4 heterocycles. The molecule has 4 saturated heterocycles. The highest BCUT2D eigenvalue weighted by molar-refractivity contribution is 5.68. The van der Waals surface area contributed by atoms with Crippen molar-refractivity contribution < 1.29 is 27.8 Å². The summed E-state index contributed by atoms with van der Waals surface area (Å²) in [4.78, 5) is 19.0. The molecule has 4 aliphatic heterocycles. The van der Waals surface area contributed by atoms with E-state index in [0.29, 0.717) is 38.4 Å². The van der Waals surface area contributed by atoms with Gasteiger partial charge >= 0.3 is 6.09 Å². The van der Waals surface area contributed by atoms with E-state index < -0.39 is 5.60 Å². The maximum atomic E-state index is 13.1. The van der Waals surface area contributed by atoms with Crippen molar-refractivity contribution in [1.29, 1.82) is 0 Å². The molecule has 0 radical (unpaired) electrons. The molecule has 41 heavy (non-hydrogen) atoms. The zero-order valence-corrected chi connectivity index (χ0v) is 24.2. The summed E-state index contributed by atoms with van der Waals surface area (Å²) in [5.41, 5.74) is 1.75. The average molecular weight is 573 g/mol. The fourth-order valence-electron chi connectivity index (χ4n) is 5.92. The first kappa shape index (κ1) is 29.8. The van der Waals surface area contributed by atoms with Gasteiger partial charge in [-0.25, -0.2) is 13.6 Å². The molecule has 2 aromatic carbocycles. The molecule has 4 bridgehead atoms. The Morgan fingerprint density at radius 2 is 1.20 bits per heavy atom. The van der Waals surface area contributed by atoms with Crippen LogP contribution in [-0.2, 0) is 27.3 Å². The predicted molar refractivity (Wildman–Crippen MR) is 151 cm³/mol. The van der Waals surface area contributed by atoms with Crippen LogP contribution in [0.3, 0.4) is 0 Å². The molecule has 4 unspecified atom stereocenters. The molecule has 10 heteroatoms. The lowest BCUT2D eigenvalue weighted by Crippen LogP contribution is -2.65. The van der Waals surface area contributed by atoms with Crippen LogP contribution < -0.4 is 5.32 Å². The fourth-order valence-corrected chi connectivity index (χ4v) is 5.92. The molecular weight excluding hydrogens is 530 g/mol. The van der Waals surface area contributed by atoms with E-state index in [1.807, 2.05) is 45.0 Å². The molecule has 0 aromatic heterocycles. The van der Waals surface area contributed by atoms with Crippen molar-refractivity contribution in [3.8, 4) is 0 Å². The molecule has 2 aromatic rings. The molecule has 8 nitrogen and oxygen atoms in total. The zero-order valence-electron chi connectivity index (χ0n) is 24.2. The van der Waals surface area contributed by atoms with Crippen molar-refractivity contribution in [2.45, 2.75) is 63.6 Å². The minimum absolute atomic E-state index is 0.134. The molecule has 4 atom stereocenters. The Hall–Kier alpha value is -2.63. The molecular formula is C31H42F2N4O4. The summed E-state index contributed by atoms with van der Waals surface area (Å²) in [5, 5.41) is 3.43. The zero-order chi connectivity index (χ0) is 29.0. The number of hydrogen-bond donors (Lipinski definition) is 1. The van der Waals surface area contributed by atoms with E-state index in [1.165, 1.54) is 29.8 Å². The second kappa shape index (κ2) is 13.1. The van der Waals surface area contributed by atoms with Crippen LogP contribution in [0, 0.1) is 11.6 Å². The Morgan fingerprint density at radius 1 is 0.780 bits per heavy atom. The molecule has 6 rings (SSSR count). The molecule has 1 amide bonds. The number of rotatable bonds is 4. The second-order valence-corrected chi connectivity index (χ2v) is 12.3. The number of carbonyl (C=O) groups is 1. The number of fused-ring (bicyclic) bond motifs is 4. The largest absolute Gasteiger partial charge is 0.444 e. The van der Waals surface area contributed by atoms with Crippen molar-refractivity contribution in [1.82, 2.24) is 20.0 Å². The Kier molecular flexibility index (Phi) is 9.56. The number of halogens is 2. The van der Waals surface area contributed by atoms with E-state index in [1.54, 1.807) is 4.90 Å². The van der Waals surface area contributed by atoms with E-state index in [2.05, 4.69) is 15.1 Å². The molecule has 0 spiro atoms. The summed E-state index contributed by atoms with van der Waals surface area (Å²) in [5.74, 6) is -0.394. The lowest BCUT2D eigenvalue weighted by Gasteiger charge is -2.49. The lowest BCUT2D eigenvalue weighted by molar-refractivity contribution is -0.101. The molecule has 1 N–H and O–H groups in total. The van der Waals surface area contributed by atoms with Crippen LogP contribution in [0.15, 0.2) is 48.5 Å². The summed E-state index contributed by atoms with van der Waals surface area (Å²) < 4.78 is 42.7. The topological polar surface area (TPSA) is 66.5 Å². The van der Waals surface area contributed by atoms with Crippen LogP contribution in [0.1, 0.15) is 31.9 Å². The highest BCUT2D eigenvalue weighted by Crippen LogP contribution is 2.25. The highest BCUT2D eigenvalue weighted by atomic mass is 19.1. The van der Waals surface area contributed by atoms with Gasteiger partial charge in [0.25, 0.3) is 0 Å². The highest BCUT2D eigenvalue weighted by Gasteiger charge is 2.40. The normalized spacial score (nSPS) is 26.6. The number of piperazine rings is 2. The van der Waals surface area contributed by atoms with Crippen LogP contribution in [0.2, 0.25) is 0 Å². The predicted octanol–water partition coefficient (Wildman–Crippen LogP) is 3.64. The van der Waals surface area contributed by atoms with Gasteiger partial charge in [-0.05, 0) is 56.2 Å². The van der Waals surface area contributed by atoms with E-state index in [4.69, 9.17) is 14.2 Å². The number of benzene rings is 2. The summed E-state index contributed by atoms with van der Waals surface area (Å²) in [6, 6.07) is 14.6. The number of nitrogens with zero attached hydrogens (tertiary/aromatic N) is 3. The van der Waals surface area contributed by atoms with Gasteiger partial charge in [-0.3, -0.25) is 9.80 Å². The van der Waals surface area contributed by atoms with Gasteiger partial charge in [0, 0.05) is 51.4 Å². The van der Waals surface area contributed by atoms with Crippen LogP contribution >= 0.6 is 0 Å². The van der Waals surface area contributed by atoms with Crippen molar-refractivity contribution in [3.05, 3.63) is 71.3 Å². The second-order valence-electron chi connectivity index (χ2n) is 12.3. The Labute approximate surface area is 241 Å². The van der Waals surface area contributed by atoms with E-state index in [0.717, 1.165) is 45.0 Å². The van der Waals surface area contributed by atoms with Gasteiger partial charge in [-0.15, -0.1) is 0 Å². The van der Waals surface area contributed by atoms with Gasteiger partial charge in [0.05, 0.1) is 38.5 Å². The van der Waals surface area contributed by atoms with Crippen LogP contribution in [0.5, 0.6) is 0 Å². The SMILES string of the molecule is CC(C)(C)OC(=O)N1CC2COCC(C1)N2Cc1ccc(F)cc1.Fc1ccc(CN2C3CNCC2COC3)cc1. The molecule has 224 valence electrons. The standard InChI is InChI=1S/C18H25FN2O3.C13H17FN2O/c1-18(2,3)24-17(22)20-9-15-11-23-12-16(10-20)21(15)8-13-4-6-14(19)7-5-13;14-11-3-1-10(2-4-11)7-16-12-5-15-6-13(16)9-17-8-12/h4-7,15-16H,8-12H2,1-3H3;1-4,12-13,15H,5-9H2. The maximum absolute atomic E-state index is 13.1. The van der Waals surface area contributed by atoms with Gasteiger partial charge in [0.15, 0.2) is 0 Å². The first-order valence-electron chi connectivity index (χ1n) is 14.5.